The van der Waals surface area contributed by atoms with E-state index >= 15 is 0 Å². The molecule has 0 saturated heterocycles. The van der Waals surface area contributed by atoms with E-state index in [1.807, 2.05) is 12.3 Å². The number of nitriles is 1. The molecular weight excluding hydrogens is 354 g/mol. The van der Waals surface area contributed by atoms with Crippen LogP contribution >= 0.6 is 0 Å². The number of nitrogens with zero attached hydrogens (tertiary/aromatic N) is 2. The molecule has 1 unspecified atom stereocenters. The van der Waals surface area contributed by atoms with E-state index in [1.165, 1.54) is 0 Å². The van der Waals surface area contributed by atoms with E-state index < -0.39 is 5.91 Å². The maximum atomic E-state index is 12.0. The lowest BCUT2D eigenvalue weighted by Gasteiger charge is -2.51. The second-order valence-electron chi connectivity index (χ2n) is 8.39. The monoisotopic (exact) mass is 381 g/mol. The molecule has 1 amide bonds. The van der Waals surface area contributed by atoms with Crippen molar-refractivity contribution < 1.29 is 9.53 Å². The van der Waals surface area contributed by atoms with E-state index in [0.717, 1.165) is 48.8 Å². The maximum absolute atomic E-state index is 12.0. The van der Waals surface area contributed by atoms with Gasteiger partial charge in [-0.3, -0.25) is 4.79 Å². The second-order valence-corrected chi connectivity index (χ2v) is 8.39. The Balaban J connectivity index is 1.58. The summed E-state index contributed by atoms with van der Waals surface area (Å²) in [7, 11) is 0. The highest BCUT2D eigenvalue weighted by atomic mass is 16.5. The number of aromatic nitrogens is 2. The third-order valence-corrected chi connectivity index (χ3v) is 6.34. The Morgan fingerprint density at radius 1 is 1.54 bits per heavy atom. The summed E-state index contributed by atoms with van der Waals surface area (Å²) >= 11 is 0. The highest BCUT2D eigenvalue weighted by molar-refractivity contribution is 6.05. The van der Waals surface area contributed by atoms with Crippen LogP contribution in [0.15, 0.2) is 18.5 Å². The van der Waals surface area contributed by atoms with Crippen molar-refractivity contribution in [1.82, 2.24) is 9.97 Å². The number of carbonyl (C=O) groups excluding carboxylic acids is 1. The molecule has 2 fully saturated rings. The van der Waals surface area contributed by atoms with Crippen molar-refractivity contribution in [3.63, 3.8) is 0 Å². The number of H-pyrrole nitrogens is 1. The molecule has 2 heterocycles. The van der Waals surface area contributed by atoms with Gasteiger partial charge >= 0.3 is 0 Å². The first-order chi connectivity index (χ1) is 13.5. The summed E-state index contributed by atoms with van der Waals surface area (Å²) in [6, 6.07) is 4.36. The topological polar surface area (TPSA) is 117 Å². The fourth-order valence-electron chi connectivity index (χ4n) is 5.27. The van der Waals surface area contributed by atoms with Crippen molar-refractivity contribution in [2.45, 2.75) is 57.1 Å². The molecule has 2 saturated carbocycles. The minimum atomic E-state index is -0.472. The molecule has 7 nitrogen and oxygen atoms in total. The van der Waals surface area contributed by atoms with Gasteiger partial charge in [-0.25, -0.2) is 4.98 Å². The number of fused-ring (bicyclic) bond motifs is 3. The van der Waals surface area contributed by atoms with Crippen LogP contribution in [0.2, 0.25) is 0 Å². The molecule has 4 rings (SSSR count). The van der Waals surface area contributed by atoms with Crippen molar-refractivity contribution >= 4 is 22.6 Å². The van der Waals surface area contributed by atoms with Crippen LogP contribution in [0, 0.1) is 23.2 Å². The molecule has 4 atom stereocenters. The van der Waals surface area contributed by atoms with Crippen LogP contribution in [0.4, 0.5) is 5.69 Å². The number of ether oxygens (including phenoxy) is 1. The first-order valence-corrected chi connectivity index (χ1v) is 10.0. The third kappa shape index (κ3) is 3.45. The number of amides is 1. The minimum absolute atomic E-state index is 0.106. The van der Waals surface area contributed by atoms with Gasteiger partial charge in [0, 0.05) is 23.8 Å². The van der Waals surface area contributed by atoms with Gasteiger partial charge in [0.05, 0.1) is 35.9 Å². The summed E-state index contributed by atoms with van der Waals surface area (Å²) < 4.78 is 6.23. The van der Waals surface area contributed by atoms with Gasteiger partial charge in [-0.2, -0.15) is 5.26 Å². The van der Waals surface area contributed by atoms with Crippen LogP contribution in [0.3, 0.4) is 0 Å². The molecule has 0 spiro atoms. The summed E-state index contributed by atoms with van der Waals surface area (Å²) in [6.45, 7) is 2.79. The number of carbonyl (C=O) groups is 1. The molecule has 2 bridgehead atoms. The lowest BCUT2D eigenvalue weighted by atomic mass is 9.63. The van der Waals surface area contributed by atoms with Crippen molar-refractivity contribution in [2.24, 2.45) is 17.6 Å². The summed E-state index contributed by atoms with van der Waals surface area (Å²) in [5, 5.41) is 13.4. The van der Waals surface area contributed by atoms with Crippen LogP contribution in [0.1, 0.15) is 55.8 Å². The van der Waals surface area contributed by atoms with Gasteiger partial charge in [-0.05, 0) is 50.0 Å². The first kappa shape index (κ1) is 18.8. The SMILES string of the molecule is CC1C[C@H]2C[C@](OCCC#N)(CC[C@@H]2Nc2c(C(N)=O)cnc3[nH]ccc23)C1. The Bertz CT molecular complexity index is 917. The van der Waals surface area contributed by atoms with Crippen LogP contribution in [-0.2, 0) is 4.74 Å². The summed E-state index contributed by atoms with van der Waals surface area (Å²) in [4.78, 5) is 19.4. The maximum Gasteiger partial charge on any atom is 0.252 e. The lowest BCUT2D eigenvalue weighted by Crippen LogP contribution is -2.51. The highest BCUT2D eigenvalue weighted by Gasteiger charge is 2.46. The number of nitrogens with two attached hydrogens (primary N) is 1. The van der Waals surface area contributed by atoms with Crippen LogP contribution in [0.5, 0.6) is 0 Å². The molecule has 0 aliphatic heterocycles. The largest absolute Gasteiger partial charge is 0.381 e. The van der Waals surface area contributed by atoms with E-state index in [4.69, 9.17) is 15.7 Å². The molecule has 7 heteroatoms. The average Bonchev–Trinajstić information content (AvgIpc) is 3.13. The van der Waals surface area contributed by atoms with E-state index in [1.54, 1.807) is 6.20 Å². The van der Waals surface area contributed by atoms with Gasteiger partial charge in [0.15, 0.2) is 0 Å². The number of aromatic amines is 1. The van der Waals surface area contributed by atoms with Gasteiger partial charge in [0.2, 0.25) is 0 Å². The minimum Gasteiger partial charge on any atom is -0.381 e. The van der Waals surface area contributed by atoms with E-state index in [2.05, 4.69) is 28.3 Å². The molecule has 2 aromatic heterocycles. The van der Waals surface area contributed by atoms with E-state index in [9.17, 15) is 4.79 Å². The number of anilines is 1. The predicted octanol–water partition coefficient (Wildman–Crippen LogP) is 3.34. The zero-order chi connectivity index (χ0) is 19.7. The van der Waals surface area contributed by atoms with Gasteiger partial charge in [-0.1, -0.05) is 6.92 Å². The Hall–Kier alpha value is -2.59. The molecule has 0 aromatic carbocycles. The van der Waals surface area contributed by atoms with Crippen LogP contribution in [0.25, 0.3) is 11.0 Å². The number of pyridine rings is 1. The smallest absolute Gasteiger partial charge is 0.252 e. The summed E-state index contributed by atoms with van der Waals surface area (Å²) in [5.41, 5.74) is 7.46. The van der Waals surface area contributed by atoms with Gasteiger partial charge in [0.1, 0.15) is 5.65 Å². The zero-order valence-corrected chi connectivity index (χ0v) is 16.2. The molecule has 0 radical (unpaired) electrons. The highest BCUT2D eigenvalue weighted by Crippen LogP contribution is 2.48. The summed E-state index contributed by atoms with van der Waals surface area (Å²) in [6.07, 6.45) is 8.93. The lowest BCUT2D eigenvalue weighted by molar-refractivity contribution is -0.118. The number of hydrogen-bond acceptors (Lipinski definition) is 5. The number of rotatable bonds is 6. The normalized spacial score (nSPS) is 29.4. The molecule has 2 aliphatic carbocycles. The number of primary amides is 1. The zero-order valence-electron chi connectivity index (χ0n) is 16.2. The Labute approximate surface area is 164 Å². The Morgan fingerprint density at radius 3 is 3.18 bits per heavy atom. The molecule has 4 N–H and O–H groups in total. The van der Waals surface area contributed by atoms with Crippen LogP contribution in [-0.4, -0.2) is 34.1 Å². The Morgan fingerprint density at radius 2 is 2.39 bits per heavy atom. The number of hydrogen-bond donors (Lipinski definition) is 3. The predicted molar refractivity (Wildman–Crippen MR) is 107 cm³/mol. The fourth-order valence-corrected chi connectivity index (χ4v) is 5.27. The quantitative estimate of drug-likeness (QED) is 0.664. The molecule has 148 valence electrons. The van der Waals surface area contributed by atoms with E-state index in [0.29, 0.717) is 30.4 Å². The summed E-state index contributed by atoms with van der Waals surface area (Å²) in [5.74, 6) is 0.563. The first-order valence-electron chi connectivity index (χ1n) is 10.0. The van der Waals surface area contributed by atoms with Gasteiger partial charge in [-0.15, -0.1) is 0 Å². The number of nitrogens with one attached hydrogen (secondary N) is 2. The van der Waals surface area contributed by atoms with Crippen molar-refractivity contribution in [2.75, 3.05) is 11.9 Å². The second kappa shape index (κ2) is 7.44. The Kier molecular flexibility index (Phi) is 4.98. The van der Waals surface area contributed by atoms with Crippen LogP contribution < -0.4 is 11.1 Å². The van der Waals surface area contributed by atoms with Crippen molar-refractivity contribution in [3.05, 3.63) is 24.0 Å². The fraction of sp³-hybridized carbons (Fsp3) is 0.571. The molecule has 2 aromatic rings. The van der Waals surface area contributed by atoms with Crippen molar-refractivity contribution in [1.29, 1.82) is 5.26 Å². The molecule has 28 heavy (non-hydrogen) atoms. The van der Waals surface area contributed by atoms with Gasteiger partial charge in [0.25, 0.3) is 5.91 Å². The van der Waals surface area contributed by atoms with Crippen molar-refractivity contribution in [3.8, 4) is 6.07 Å². The molecule has 2 aliphatic rings. The van der Waals surface area contributed by atoms with E-state index in [-0.39, 0.29) is 11.6 Å². The third-order valence-electron chi connectivity index (χ3n) is 6.34. The average molecular weight is 381 g/mol. The van der Waals surface area contributed by atoms with Gasteiger partial charge < -0.3 is 20.8 Å². The standard InChI is InChI=1S/C21H27N5O2/c1-13-9-14-11-21(10-13,28-8-2-6-22)5-3-17(14)26-18-15-4-7-24-20(15)25-12-16(18)19(23)27/h4,7,12-14,17H,2-3,5,8-11H2,1H3,(H2,23,27)(H2,24,25,26)/t13?,14-,17-,21-/m0/s1. The molecular formula is C21H27N5O2.